The summed E-state index contributed by atoms with van der Waals surface area (Å²) in [7, 11) is 0. The van der Waals surface area contributed by atoms with Crippen LogP contribution in [-0.2, 0) is 4.79 Å². The Hall–Kier alpha value is -2.21. The number of nitrogens with zero attached hydrogens (tertiary/aromatic N) is 2. The molecule has 0 radical (unpaired) electrons. The maximum absolute atomic E-state index is 12.1. The van der Waals surface area contributed by atoms with Crippen molar-refractivity contribution in [3.8, 4) is 0 Å². The van der Waals surface area contributed by atoms with Crippen molar-refractivity contribution < 1.29 is 9.72 Å². The van der Waals surface area contributed by atoms with Gasteiger partial charge in [-0.05, 0) is 19.1 Å². The van der Waals surface area contributed by atoms with Crippen molar-refractivity contribution in [2.75, 3.05) is 19.6 Å². The maximum atomic E-state index is 12.1. The third-order valence-corrected chi connectivity index (χ3v) is 3.32. The smallest absolute Gasteiger partial charge is 0.276 e. The van der Waals surface area contributed by atoms with Crippen molar-refractivity contribution in [1.29, 1.82) is 0 Å². The van der Waals surface area contributed by atoms with Crippen LogP contribution in [0, 0.1) is 10.1 Å². The van der Waals surface area contributed by atoms with Gasteiger partial charge >= 0.3 is 0 Å². The van der Waals surface area contributed by atoms with Crippen molar-refractivity contribution in [2.45, 2.75) is 13.0 Å². The summed E-state index contributed by atoms with van der Waals surface area (Å²) in [6, 6.07) is 6.51. The molecule has 1 atom stereocenters. The minimum Gasteiger partial charge on any atom is -0.334 e. The average molecular weight is 275 g/mol. The van der Waals surface area contributed by atoms with Gasteiger partial charge in [0.25, 0.3) is 5.69 Å². The molecule has 1 aliphatic rings. The molecule has 106 valence electrons. The van der Waals surface area contributed by atoms with Gasteiger partial charge in [-0.2, -0.15) is 0 Å². The molecule has 1 aromatic carbocycles. The van der Waals surface area contributed by atoms with Gasteiger partial charge in [0.1, 0.15) is 0 Å². The van der Waals surface area contributed by atoms with E-state index in [1.807, 2.05) is 6.92 Å². The van der Waals surface area contributed by atoms with Gasteiger partial charge in [-0.25, -0.2) is 0 Å². The largest absolute Gasteiger partial charge is 0.334 e. The van der Waals surface area contributed by atoms with Gasteiger partial charge in [0.15, 0.2) is 0 Å². The topological polar surface area (TPSA) is 75.5 Å². The molecule has 0 spiro atoms. The average Bonchev–Trinajstić information content (AvgIpc) is 2.45. The zero-order valence-corrected chi connectivity index (χ0v) is 11.3. The number of para-hydroxylation sites is 1. The number of benzene rings is 1. The van der Waals surface area contributed by atoms with Gasteiger partial charge in [0.2, 0.25) is 5.91 Å². The summed E-state index contributed by atoms with van der Waals surface area (Å²) in [4.78, 5) is 24.3. The monoisotopic (exact) mass is 275 g/mol. The Morgan fingerprint density at radius 2 is 2.25 bits per heavy atom. The Morgan fingerprint density at radius 3 is 2.95 bits per heavy atom. The first-order chi connectivity index (χ1) is 9.59. The lowest BCUT2D eigenvalue weighted by Gasteiger charge is -2.33. The number of amides is 1. The molecular weight excluding hydrogens is 258 g/mol. The van der Waals surface area contributed by atoms with Crippen LogP contribution in [-0.4, -0.2) is 41.4 Å². The lowest BCUT2D eigenvalue weighted by Crippen LogP contribution is -2.51. The van der Waals surface area contributed by atoms with Crippen LogP contribution >= 0.6 is 0 Å². The molecular formula is C14H17N3O3. The number of hydrogen-bond acceptors (Lipinski definition) is 4. The van der Waals surface area contributed by atoms with E-state index in [4.69, 9.17) is 0 Å². The van der Waals surface area contributed by atoms with Crippen molar-refractivity contribution in [2.24, 2.45) is 0 Å². The number of carbonyl (C=O) groups is 1. The quantitative estimate of drug-likeness (QED) is 0.514. The summed E-state index contributed by atoms with van der Waals surface area (Å²) in [5.74, 6) is -0.114. The first kappa shape index (κ1) is 14.2. The Morgan fingerprint density at radius 1 is 1.50 bits per heavy atom. The van der Waals surface area contributed by atoms with Gasteiger partial charge in [-0.15, -0.1) is 0 Å². The second-order valence-corrected chi connectivity index (χ2v) is 4.73. The van der Waals surface area contributed by atoms with E-state index < -0.39 is 4.92 Å². The zero-order valence-electron chi connectivity index (χ0n) is 11.3. The molecule has 1 aromatic rings. The predicted octanol–water partition coefficient (Wildman–Crippen LogP) is 1.43. The van der Waals surface area contributed by atoms with Crippen LogP contribution in [0.15, 0.2) is 30.3 Å². The van der Waals surface area contributed by atoms with Crippen molar-refractivity contribution in [1.82, 2.24) is 10.2 Å². The van der Waals surface area contributed by atoms with Crippen LogP contribution < -0.4 is 5.32 Å². The molecule has 1 heterocycles. The summed E-state index contributed by atoms with van der Waals surface area (Å²) in [6.45, 7) is 4.17. The minimum absolute atomic E-state index is 0.00455. The zero-order chi connectivity index (χ0) is 14.5. The predicted molar refractivity (Wildman–Crippen MR) is 76.2 cm³/mol. The second kappa shape index (κ2) is 6.29. The van der Waals surface area contributed by atoms with Gasteiger partial charge in [-0.1, -0.05) is 12.1 Å². The molecule has 2 rings (SSSR count). The first-order valence-corrected chi connectivity index (χ1v) is 6.52. The van der Waals surface area contributed by atoms with Crippen molar-refractivity contribution in [3.05, 3.63) is 46.0 Å². The molecule has 0 saturated carbocycles. The fourth-order valence-corrected chi connectivity index (χ4v) is 2.22. The summed E-state index contributed by atoms with van der Waals surface area (Å²) in [6.07, 6.45) is 2.92. The third-order valence-electron chi connectivity index (χ3n) is 3.32. The van der Waals surface area contributed by atoms with Crippen LogP contribution in [0.3, 0.4) is 0 Å². The number of nitrogens with one attached hydrogen (secondary N) is 1. The molecule has 1 N–H and O–H groups in total. The van der Waals surface area contributed by atoms with E-state index in [9.17, 15) is 14.9 Å². The van der Waals surface area contributed by atoms with E-state index in [2.05, 4.69) is 5.32 Å². The van der Waals surface area contributed by atoms with Gasteiger partial charge in [0, 0.05) is 37.8 Å². The highest BCUT2D eigenvalue weighted by Gasteiger charge is 2.21. The third kappa shape index (κ3) is 3.21. The van der Waals surface area contributed by atoms with Gasteiger partial charge < -0.3 is 10.2 Å². The molecule has 6 heteroatoms. The minimum atomic E-state index is -0.447. The lowest BCUT2D eigenvalue weighted by atomic mass is 10.1. The van der Waals surface area contributed by atoms with Crippen LogP contribution in [0.25, 0.3) is 6.08 Å². The molecule has 0 aromatic heterocycles. The summed E-state index contributed by atoms with van der Waals surface area (Å²) >= 11 is 0. The molecule has 1 aliphatic heterocycles. The molecule has 1 saturated heterocycles. The highest BCUT2D eigenvalue weighted by Crippen LogP contribution is 2.19. The van der Waals surface area contributed by atoms with E-state index >= 15 is 0 Å². The van der Waals surface area contributed by atoms with Crippen molar-refractivity contribution in [3.63, 3.8) is 0 Å². The normalized spacial score (nSPS) is 19.2. The lowest BCUT2D eigenvalue weighted by molar-refractivity contribution is -0.385. The standard InChI is InChI=1S/C14H17N3O3/c1-11-10-15-8-9-16(11)14(18)7-6-12-4-2-3-5-13(12)17(19)20/h2-7,11,15H,8-10H2,1H3. The number of rotatable bonds is 3. The molecule has 1 unspecified atom stereocenters. The van der Waals surface area contributed by atoms with Gasteiger partial charge in [0.05, 0.1) is 10.5 Å². The van der Waals surface area contributed by atoms with Crippen LogP contribution in [0.4, 0.5) is 5.69 Å². The van der Waals surface area contributed by atoms with Gasteiger partial charge in [-0.3, -0.25) is 14.9 Å². The van der Waals surface area contributed by atoms with Crippen LogP contribution in [0.2, 0.25) is 0 Å². The van der Waals surface area contributed by atoms with E-state index in [1.165, 1.54) is 18.2 Å². The highest BCUT2D eigenvalue weighted by atomic mass is 16.6. The van der Waals surface area contributed by atoms with E-state index in [0.717, 1.165) is 13.1 Å². The molecule has 20 heavy (non-hydrogen) atoms. The number of hydrogen-bond donors (Lipinski definition) is 1. The fraction of sp³-hybridized carbons (Fsp3) is 0.357. The Labute approximate surface area is 117 Å². The van der Waals surface area contributed by atoms with E-state index in [-0.39, 0.29) is 17.6 Å². The van der Waals surface area contributed by atoms with Crippen LogP contribution in [0.5, 0.6) is 0 Å². The van der Waals surface area contributed by atoms with Crippen LogP contribution in [0.1, 0.15) is 12.5 Å². The number of piperazine rings is 1. The first-order valence-electron chi connectivity index (χ1n) is 6.52. The molecule has 6 nitrogen and oxygen atoms in total. The Kier molecular flexibility index (Phi) is 4.47. The SMILES string of the molecule is CC1CNCCN1C(=O)C=Cc1ccccc1[N+](=O)[O-]. The number of nitro groups is 1. The van der Waals surface area contributed by atoms with E-state index in [0.29, 0.717) is 12.1 Å². The Bertz CT molecular complexity index is 542. The maximum Gasteiger partial charge on any atom is 0.276 e. The summed E-state index contributed by atoms with van der Waals surface area (Å²) < 4.78 is 0. The second-order valence-electron chi connectivity index (χ2n) is 4.73. The highest BCUT2D eigenvalue weighted by molar-refractivity contribution is 5.92. The van der Waals surface area contributed by atoms with Crippen molar-refractivity contribution >= 4 is 17.7 Å². The molecule has 1 fully saturated rings. The molecule has 1 amide bonds. The molecule has 0 aliphatic carbocycles. The summed E-state index contributed by atoms with van der Waals surface area (Å²) in [5.41, 5.74) is 0.443. The summed E-state index contributed by atoms with van der Waals surface area (Å²) in [5, 5.41) is 14.1. The fourth-order valence-electron chi connectivity index (χ4n) is 2.22. The molecule has 0 bridgehead atoms. The number of carbonyl (C=O) groups excluding carboxylic acids is 1. The van der Waals surface area contributed by atoms with E-state index in [1.54, 1.807) is 23.1 Å². The number of nitro benzene ring substituents is 1. The Balaban J connectivity index is 2.13.